The Balaban J connectivity index is 2.56. The zero-order chi connectivity index (χ0) is 17.9. The monoisotopic (exact) mass is 345 g/mol. The Morgan fingerprint density at radius 3 is 2.50 bits per heavy atom. The molecule has 1 amide bonds. The fourth-order valence-electron chi connectivity index (χ4n) is 2.16. The molecule has 0 aromatic carbocycles. The molecule has 0 aliphatic carbocycles. The number of aryl methyl sites for hydroxylation is 1. The summed E-state index contributed by atoms with van der Waals surface area (Å²) in [6.07, 6.45) is 3.92. The van der Waals surface area contributed by atoms with Crippen molar-refractivity contribution >= 4 is 21.4 Å². The third kappa shape index (κ3) is 4.05. The number of carbonyl (C=O) groups excluding carboxylic acids is 1. The van der Waals surface area contributed by atoms with Crippen LogP contribution in [0.2, 0.25) is 0 Å². The Kier molecular flexibility index (Phi) is 5.14. The maximum atomic E-state index is 12.9. The van der Waals surface area contributed by atoms with E-state index in [1.54, 1.807) is 31.2 Å². The van der Waals surface area contributed by atoms with Gasteiger partial charge in [0.2, 0.25) is 0 Å². The SMILES string of the molecule is C=C(C)CN(C(=O)c1ccc(C)nc1)c1cccnc1S(C)(=O)=O. The summed E-state index contributed by atoms with van der Waals surface area (Å²) in [5.41, 5.74) is 2.10. The predicted molar refractivity (Wildman–Crippen MR) is 92.8 cm³/mol. The summed E-state index contributed by atoms with van der Waals surface area (Å²) in [5.74, 6) is -0.358. The molecule has 0 aliphatic rings. The lowest BCUT2D eigenvalue weighted by Crippen LogP contribution is -2.33. The van der Waals surface area contributed by atoms with Crippen molar-refractivity contribution in [2.45, 2.75) is 18.9 Å². The third-order valence-corrected chi connectivity index (χ3v) is 4.24. The quantitative estimate of drug-likeness (QED) is 0.778. The van der Waals surface area contributed by atoms with Crippen LogP contribution in [0.15, 0.2) is 53.8 Å². The molecule has 0 saturated heterocycles. The van der Waals surface area contributed by atoms with Crippen LogP contribution in [0.1, 0.15) is 23.0 Å². The number of pyridine rings is 2. The first-order chi connectivity index (χ1) is 11.2. The van der Waals surface area contributed by atoms with Gasteiger partial charge >= 0.3 is 0 Å². The third-order valence-electron chi connectivity index (χ3n) is 3.22. The molecular formula is C17H19N3O3S. The van der Waals surface area contributed by atoms with Gasteiger partial charge in [-0.1, -0.05) is 12.2 Å². The molecule has 2 aromatic heterocycles. The topological polar surface area (TPSA) is 80.2 Å². The van der Waals surface area contributed by atoms with E-state index in [9.17, 15) is 13.2 Å². The molecule has 0 aliphatic heterocycles. The van der Waals surface area contributed by atoms with E-state index in [4.69, 9.17) is 0 Å². The largest absolute Gasteiger partial charge is 0.301 e. The Morgan fingerprint density at radius 2 is 1.96 bits per heavy atom. The minimum absolute atomic E-state index is 0.139. The first-order valence-electron chi connectivity index (χ1n) is 7.24. The first-order valence-corrected chi connectivity index (χ1v) is 9.13. The van der Waals surface area contributed by atoms with Gasteiger partial charge in [0, 0.05) is 30.9 Å². The molecule has 6 nitrogen and oxygen atoms in total. The lowest BCUT2D eigenvalue weighted by atomic mass is 10.2. The number of hydrogen-bond donors (Lipinski definition) is 0. The van der Waals surface area contributed by atoms with E-state index in [0.717, 1.165) is 11.9 Å². The van der Waals surface area contributed by atoms with Crippen LogP contribution in [0, 0.1) is 6.92 Å². The van der Waals surface area contributed by atoms with Crippen molar-refractivity contribution in [1.82, 2.24) is 9.97 Å². The van der Waals surface area contributed by atoms with Crippen LogP contribution in [-0.2, 0) is 9.84 Å². The minimum Gasteiger partial charge on any atom is -0.301 e. The molecule has 0 saturated carbocycles. The fraction of sp³-hybridized carbons (Fsp3) is 0.235. The van der Waals surface area contributed by atoms with Gasteiger partial charge in [0.15, 0.2) is 14.9 Å². The minimum atomic E-state index is -3.59. The Hall–Kier alpha value is -2.54. The highest BCUT2D eigenvalue weighted by Crippen LogP contribution is 2.25. The number of aromatic nitrogens is 2. The zero-order valence-electron chi connectivity index (χ0n) is 13.9. The van der Waals surface area contributed by atoms with Gasteiger partial charge in [0.25, 0.3) is 5.91 Å². The maximum absolute atomic E-state index is 12.9. The predicted octanol–water partition coefficient (Wildman–Crippen LogP) is 2.41. The highest BCUT2D eigenvalue weighted by molar-refractivity contribution is 7.90. The van der Waals surface area contributed by atoms with Crippen LogP contribution >= 0.6 is 0 Å². The molecule has 2 heterocycles. The van der Waals surface area contributed by atoms with Crippen molar-refractivity contribution in [3.8, 4) is 0 Å². The summed E-state index contributed by atoms with van der Waals surface area (Å²) in [5, 5.41) is -0.139. The van der Waals surface area contributed by atoms with E-state index in [0.29, 0.717) is 11.1 Å². The molecular weight excluding hydrogens is 326 g/mol. The smallest absolute Gasteiger partial charge is 0.260 e. The van der Waals surface area contributed by atoms with E-state index in [-0.39, 0.29) is 23.2 Å². The Bertz CT molecular complexity index is 874. The van der Waals surface area contributed by atoms with Crippen LogP contribution < -0.4 is 4.90 Å². The normalized spacial score (nSPS) is 11.1. The number of sulfone groups is 1. The summed E-state index contributed by atoms with van der Waals surface area (Å²) in [6, 6.07) is 6.54. The van der Waals surface area contributed by atoms with Crippen molar-refractivity contribution < 1.29 is 13.2 Å². The van der Waals surface area contributed by atoms with Gasteiger partial charge in [-0.3, -0.25) is 9.78 Å². The highest BCUT2D eigenvalue weighted by atomic mass is 32.2. The number of rotatable bonds is 5. The number of nitrogens with zero attached hydrogens (tertiary/aromatic N) is 3. The second-order valence-electron chi connectivity index (χ2n) is 5.64. The lowest BCUT2D eigenvalue weighted by molar-refractivity contribution is 0.0988. The number of anilines is 1. The second-order valence-corrected chi connectivity index (χ2v) is 7.57. The van der Waals surface area contributed by atoms with Gasteiger partial charge in [-0.2, -0.15) is 0 Å². The van der Waals surface area contributed by atoms with Crippen molar-refractivity contribution in [2.24, 2.45) is 0 Å². The van der Waals surface area contributed by atoms with Gasteiger partial charge in [0.1, 0.15) is 0 Å². The number of amides is 1. The molecule has 0 unspecified atom stereocenters. The number of hydrogen-bond acceptors (Lipinski definition) is 5. The van der Waals surface area contributed by atoms with Crippen LogP contribution in [0.5, 0.6) is 0 Å². The average molecular weight is 345 g/mol. The number of carbonyl (C=O) groups is 1. The molecule has 2 aromatic rings. The molecule has 24 heavy (non-hydrogen) atoms. The zero-order valence-corrected chi connectivity index (χ0v) is 14.7. The van der Waals surface area contributed by atoms with E-state index in [1.807, 2.05) is 6.92 Å². The molecule has 0 N–H and O–H groups in total. The maximum Gasteiger partial charge on any atom is 0.260 e. The van der Waals surface area contributed by atoms with Gasteiger partial charge in [-0.25, -0.2) is 13.4 Å². The summed E-state index contributed by atoms with van der Waals surface area (Å²) in [7, 11) is -3.59. The molecule has 7 heteroatoms. The van der Waals surface area contributed by atoms with Crippen LogP contribution in [0.25, 0.3) is 0 Å². The fourth-order valence-corrected chi connectivity index (χ4v) is 2.97. The van der Waals surface area contributed by atoms with Gasteiger partial charge < -0.3 is 4.90 Å². The summed E-state index contributed by atoms with van der Waals surface area (Å²) in [4.78, 5) is 22.3. The molecule has 2 rings (SSSR count). The van der Waals surface area contributed by atoms with Crippen molar-refractivity contribution in [3.05, 3.63) is 60.1 Å². The molecule has 126 valence electrons. The van der Waals surface area contributed by atoms with Gasteiger partial charge in [-0.05, 0) is 38.1 Å². The Morgan fingerprint density at radius 1 is 1.25 bits per heavy atom. The second kappa shape index (κ2) is 6.92. The van der Waals surface area contributed by atoms with Crippen molar-refractivity contribution in [1.29, 1.82) is 0 Å². The molecule has 0 fully saturated rings. The summed E-state index contributed by atoms with van der Waals surface area (Å²) < 4.78 is 24.0. The van der Waals surface area contributed by atoms with E-state index in [1.165, 1.54) is 17.3 Å². The summed E-state index contributed by atoms with van der Waals surface area (Å²) in [6.45, 7) is 7.59. The Labute approximate surface area is 141 Å². The van der Waals surface area contributed by atoms with Gasteiger partial charge in [-0.15, -0.1) is 0 Å². The highest BCUT2D eigenvalue weighted by Gasteiger charge is 2.25. The van der Waals surface area contributed by atoms with Gasteiger partial charge in [0.05, 0.1) is 11.3 Å². The molecule has 0 radical (unpaired) electrons. The van der Waals surface area contributed by atoms with E-state index in [2.05, 4.69) is 16.5 Å². The van der Waals surface area contributed by atoms with E-state index < -0.39 is 9.84 Å². The average Bonchev–Trinajstić information content (AvgIpc) is 2.52. The molecule has 0 spiro atoms. The summed E-state index contributed by atoms with van der Waals surface area (Å²) >= 11 is 0. The molecule has 0 atom stereocenters. The van der Waals surface area contributed by atoms with Crippen molar-refractivity contribution in [2.75, 3.05) is 17.7 Å². The van der Waals surface area contributed by atoms with E-state index >= 15 is 0 Å². The first kappa shape index (κ1) is 17.8. The molecule has 0 bridgehead atoms. The van der Waals surface area contributed by atoms with Crippen LogP contribution in [0.3, 0.4) is 0 Å². The lowest BCUT2D eigenvalue weighted by Gasteiger charge is -2.24. The van der Waals surface area contributed by atoms with Crippen LogP contribution in [-0.4, -0.2) is 37.1 Å². The van der Waals surface area contributed by atoms with Crippen molar-refractivity contribution in [3.63, 3.8) is 0 Å². The standard InChI is InChI=1S/C17H19N3O3S/c1-12(2)11-20(17(21)14-8-7-13(3)19-10-14)15-6-5-9-18-16(15)24(4,22)23/h5-10H,1,11H2,2-4H3. The van der Waals surface area contributed by atoms with Crippen LogP contribution in [0.4, 0.5) is 5.69 Å².